The number of hydrogen-bond donors (Lipinski definition) is 2. The summed E-state index contributed by atoms with van der Waals surface area (Å²) in [4.78, 5) is 38.5. The molecule has 1 aromatic carbocycles. The van der Waals surface area contributed by atoms with Crippen LogP contribution in [0.15, 0.2) is 47.1 Å². The Hall–Kier alpha value is -3.29. The summed E-state index contributed by atoms with van der Waals surface area (Å²) in [6.07, 6.45) is 1.39. The van der Waals surface area contributed by atoms with E-state index >= 15 is 0 Å². The van der Waals surface area contributed by atoms with Crippen LogP contribution >= 0.6 is 0 Å². The van der Waals surface area contributed by atoms with E-state index in [9.17, 15) is 14.4 Å². The lowest BCUT2D eigenvalue weighted by Crippen LogP contribution is -2.51. The third-order valence-electron chi connectivity index (χ3n) is 4.10. The average molecular weight is 387 g/mol. The molecule has 0 fully saturated rings. The number of carbonyl (C=O) groups is 3. The van der Waals surface area contributed by atoms with Crippen molar-refractivity contribution in [2.45, 2.75) is 19.9 Å². The second-order valence-corrected chi connectivity index (χ2v) is 6.64. The topological polar surface area (TPSA) is 101 Å². The fourth-order valence-corrected chi connectivity index (χ4v) is 2.54. The van der Waals surface area contributed by atoms with E-state index in [-0.39, 0.29) is 30.0 Å². The number of amides is 3. The van der Waals surface area contributed by atoms with E-state index in [0.29, 0.717) is 11.4 Å². The number of hydrogen-bond acceptors (Lipinski definition) is 5. The number of furan rings is 1. The van der Waals surface area contributed by atoms with Crippen molar-refractivity contribution in [3.63, 3.8) is 0 Å². The Morgan fingerprint density at radius 2 is 1.82 bits per heavy atom. The molecule has 2 aromatic rings. The van der Waals surface area contributed by atoms with Crippen LogP contribution in [0.5, 0.6) is 5.75 Å². The second kappa shape index (κ2) is 9.59. The van der Waals surface area contributed by atoms with Crippen LogP contribution in [0.1, 0.15) is 24.4 Å². The summed E-state index contributed by atoms with van der Waals surface area (Å²) >= 11 is 0. The zero-order valence-electron chi connectivity index (χ0n) is 16.4. The van der Waals surface area contributed by atoms with E-state index < -0.39 is 11.9 Å². The molecule has 3 amide bonds. The molecule has 1 heterocycles. The zero-order chi connectivity index (χ0) is 20.7. The van der Waals surface area contributed by atoms with Crippen molar-refractivity contribution in [1.29, 1.82) is 0 Å². The van der Waals surface area contributed by atoms with Gasteiger partial charge in [-0.25, -0.2) is 0 Å². The fourth-order valence-electron chi connectivity index (χ4n) is 2.54. The Morgan fingerprint density at radius 3 is 2.36 bits per heavy atom. The van der Waals surface area contributed by atoms with Crippen molar-refractivity contribution in [2.75, 3.05) is 26.0 Å². The summed E-state index contributed by atoms with van der Waals surface area (Å²) in [6.45, 7) is 3.48. The SMILES string of the molecule is COc1ccc(NC(=O)CN(C)C(=O)[C@@H](NC(=O)c2ccco2)C(C)C)cc1. The van der Waals surface area contributed by atoms with Crippen molar-refractivity contribution in [1.82, 2.24) is 10.2 Å². The first-order chi connectivity index (χ1) is 13.3. The largest absolute Gasteiger partial charge is 0.497 e. The fraction of sp³-hybridized carbons (Fsp3) is 0.350. The molecule has 0 aliphatic heterocycles. The zero-order valence-corrected chi connectivity index (χ0v) is 16.4. The summed E-state index contributed by atoms with van der Waals surface area (Å²) in [6, 6.07) is 9.20. The Bertz CT molecular complexity index is 800. The molecule has 28 heavy (non-hydrogen) atoms. The summed E-state index contributed by atoms with van der Waals surface area (Å²) in [5.74, 6) is -0.553. The van der Waals surface area contributed by atoms with E-state index in [1.165, 1.54) is 24.3 Å². The number of carbonyl (C=O) groups excluding carboxylic acids is 3. The van der Waals surface area contributed by atoms with E-state index in [1.54, 1.807) is 37.4 Å². The Labute approximate surface area is 163 Å². The highest BCUT2D eigenvalue weighted by molar-refractivity contribution is 5.98. The maximum absolute atomic E-state index is 12.7. The first-order valence-electron chi connectivity index (χ1n) is 8.85. The van der Waals surface area contributed by atoms with Crippen LogP contribution in [-0.4, -0.2) is 49.4 Å². The quantitative estimate of drug-likeness (QED) is 0.723. The van der Waals surface area contributed by atoms with Crippen LogP contribution in [0.25, 0.3) is 0 Å². The van der Waals surface area contributed by atoms with Gasteiger partial charge in [0.05, 0.1) is 19.9 Å². The van der Waals surface area contributed by atoms with E-state index in [4.69, 9.17) is 9.15 Å². The molecule has 1 atom stereocenters. The van der Waals surface area contributed by atoms with E-state index in [2.05, 4.69) is 10.6 Å². The molecule has 0 unspecified atom stereocenters. The molecule has 0 aliphatic rings. The lowest BCUT2D eigenvalue weighted by Gasteiger charge is -2.26. The van der Waals surface area contributed by atoms with Gasteiger partial charge in [0.1, 0.15) is 11.8 Å². The van der Waals surface area contributed by atoms with Gasteiger partial charge >= 0.3 is 0 Å². The van der Waals surface area contributed by atoms with Crippen LogP contribution < -0.4 is 15.4 Å². The minimum absolute atomic E-state index is 0.123. The maximum Gasteiger partial charge on any atom is 0.287 e. The van der Waals surface area contributed by atoms with Gasteiger partial charge in [-0.15, -0.1) is 0 Å². The number of nitrogens with one attached hydrogen (secondary N) is 2. The standard InChI is InChI=1S/C20H25N3O5/c1-13(2)18(22-19(25)16-6-5-11-28-16)20(26)23(3)12-17(24)21-14-7-9-15(27-4)10-8-14/h5-11,13,18H,12H2,1-4H3,(H,21,24)(H,22,25)/t18-/m0/s1. The highest BCUT2D eigenvalue weighted by Gasteiger charge is 2.28. The molecule has 8 nitrogen and oxygen atoms in total. The molecular weight excluding hydrogens is 362 g/mol. The van der Waals surface area contributed by atoms with Gasteiger partial charge in [-0.1, -0.05) is 13.8 Å². The normalized spacial score (nSPS) is 11.6. The van der Waals surface area contributed by atoms with Gasteiger partial charge < -0.3 is 24.7 Å². The molecule has 0 saturated heterocycles. The lowest BCUT2D eigenvalue weighted by molar-refractivity contribution is -0.135. The molecule has 2 N–H and O–H groups in total. The second-order valence-electron chi connectivity index (χ2n) is 6.64. The Balaban J connectivity index is 1.95. The summed E-state index contributed by atoms with van der Waals surface area (Å²) in [5, 5.41) is 5.39. The van der Waals surface area contributed by atoms with Crippen molar-refractivity contribution in [2.24, 2.45) is 5.92 Å². The monoisotopic (exact) mass is 387 g/mol. The molecule has 0 aliphatic carbocycles. The predicted octanol–water partition coefficient (Wildman–Crippen LogP) is 2.14. The van der Waals surface area contributed by atoms with Gasteiger partial charge in [-0.2, -0.15) is 0 Å². The predicted molar refractivity (Wildman–Crippen MR) is 104 cm³/mol. The average Bonchev–Trinajstić information content (AvgIpc) is 3.20. The van der Waals surface area contributed by atoms with Crippen LogP contribution in [0, 0.1) is 5.92 Å². The molecule has 0 radical (unpaired) electrons. The number of likely N-dealkylation sites (N-methyl/N-ethyl adjacent to an activating group) is 1. The first-order valence-corrected chi connectivity index (χ1v) is 8.85. The number of rotatable bonds is 8. The number of nitrogens with zero attached hydrogens (tertiary/aromatic N) is 1. The number of benzene rings is 1. The molecule has 1 aromatic heterocycles. The minimum atomic E-state index is -0.781. The van der Waals surface area contributed by atoms with Gasteiger partial charge in [0.15, 0.2) is 5.76 Å². The third-order valence-corrected chi connectivity index (χ3v) is 4.10. The van der Waals surface area contributed by atoms with Crippen LogP contribution in [0.2, 0.25) is 0 Å². The van der Waals surface area contributed by atoms with Crippen molar-refractivity contribution < 1.29 is 23.5 Å². The number of anilines is 1. The van der Waals surface area contributed by atoms with Crippen LogP contribution in [-0.2, 0) is 9.59 Å². The van der Waals surface area contributed by atoms with Crippen molar-refractivity contribution in [3.8, 4) is 5.75 Å². The van der Waals surface area contributed by atoms with Crippen LogP contribution in [0.4, 0.5) is 5.69 Å². The maximum atomic E-state index is 12.7. The Morgan fingerprint density at radius 1 is 1.14 bits per heavy atom. The van der Waals surface area contributed by atoms with Gasteiger partial charge in [0.2, 0.25) is 11.8 Å². The van der Waals surface area contributed by atoms with E-state index in [0.717, 1.165) is 0 Å². The molecule has 150 valence electrons. The highest BCUT2D eigenvalue weighted by Crippen LogP contribution is 2.15. The highest BCUT2D eigenvalue weighted by atomic mass is 16.5. The molecule has 2 rings (SSSR count). The lowest BCUT2D eigenvalue weighted by atomic mass is 10.0. The number of methoxy groups -OCH3 is 1. The van der Waals surface area contributed by atoms with Gasteiger partial charge in [-0.3, -0.25) is 14.4 Å². The summed E-state index contributed by atoms with van der Waals surface area (Å²) in [7, 11) is 3.08. The first kappa shape index (κ1) is 21.0. The Kier molecular flexibility index (Phi) is 7.20. The van der Waals surface area contributed by atoms with Crippen LogP contribution in [0.3, 0.4) is 0 Å². The summed E-state index contributed by atoms with van der Waals surface area (Å²) in [5.41, 5.74) is 0.596. The van der Waals surface area contributed by atoms with Gasteiger partial charge in [-0.05, 0) is 42.3 Å². The molecular formula is C20H25N3O5. The summed E-state index contributed by atoms with van der Waals surface area (Å²) < 4.78 is 10.1. The number of ether oxygens (including phenoxy) is 1. The molecule has 0 spiro atoms. The van der Waals surface area contributed by atoms with Gasteiger partial charge in [0, 0.05) is 12.7 Å². The molecule has 0 bridgehead atoms. The molecule has 8 heteroatoms. The van der Waals surface area contributed by atoms with Gasteiger partial charge in [0.25, 0.3) is 5.91 Å². The minimum Gasteiger partial charge on any atom is -0.497 e. The third kappa shape index (κ3) is 5.60. The van der Waals surface area contributed by atoms with E-state index in [1.807, 2.05) is 13.8 Å². The smallest absolute Gasteiger partial charge is 0.287 e. The molecule has 0 saturated carbocycles. The van der Waals surface area contributed by atoms with Crippen molar-refractivity contribution in [3.05, 3.63) is 48.4 Å². The van der Waals surface area contributed by atoms with Crippen molar-refractivity contribution >= 4 is 23.4 Å².